The van der Waals surface area contributed by atoms with E-state index < -0.39 is 10.8 Å². The Hall–Kier alpha value is -3.19. The minimum Gasteiger partial charge on any atom is -0.497 e. The molecule has 0 saturated heterocycles. The molecule has 0 aliphatic carbocycles. The maximum Gasteiger partial charge on any atom is 0.197 e. The van der Waals surface area contributed by atoms with Gasteiger partial charge in [-0.15, -0.1) is 0 Å². The summed E-state index contributed by atoms with van der Waals surface area (Å²) in [4.78, 5) is 12.4. The van der Waals surface area contributed by atoms with Crippen molar-refractivity contribution < 1.29 is 8.95 Å². The third-order valence-corrected chi connectivity index (χ3v) is 5.75. The molecule has 3 heterocycles. The van der Waals surface area contributed by atoms with E-state index in [9.17, 15) is 4.21 Å². The first-order chi connectivity index (χ1) is 13.2. The Morgan fingerprint density at radius 2 is 1.93 bits per heavy atom. The summed E-state index contributed by atoms with van der Waals surface area (Å²) < 4.78 is 20.3. The lowest BCUT2D eigenvalue weighted by Gasteiger charge is -2.09. The minimum atomic E-state index is -1.33. The van der Waals surface area contributed by atoms with Gasteiger partial charge in [-0.1, -0.05) is 12.1 Å². The number of nitrogens with zero attached hydrogens (tertiary/aromatic N) is 3. The van der Waals surface area contributed by atoms with Crippen molar-refractivity contribution in [3.8, 4) is 5.75 Å². The van der Waals surface area contributed by atoms with E-state index >= 15 is 0 Å². The second-order valence-electron chi connectivity index (χ2n) is 6.23. The van der Waals surface area contributed by atoms with Crippen LogP contribution in [0.3, 0.4) is 0 Å². The number of hydrogen-bond donors (Lipinski definition) is 1. The Kier molecular flexibility index (Phi) is 3.68. The molecule has 0 saturated carbocycles. The van der Waals surface area contributed by atoms with Gasteiger partial charge >= 0.3 is 0 Å². The van der Waals surface area contributed by atoms with Crippen LogP contribution in [0.25, 0.3) is 27.6 Å². The maximum absolute atomic E-state index is 13.0. The number of nitrogens with one attached hydrogen (secondary N) is 1. The third kappa shape index (κ3) is 2.67. The number of fused-ring (bicyclic) bond motifs is 4. The molecule has 6 nitrogen and oxygen atoms in total. The monoisotopic (exact) mass is 376 g/mol. The van der Waals surface area contributed by atoms with E-state index in [0.717, 1.165) is 39.0 Å². The Balaban J connectivity index is 1.60. The number of imidazole rings is 1. The number of aromatic amines is 1. The number of ether oxygens (including phenoxy) is 1. The standard InChI is InChI=1S/C20H16N4O2S/c1-26-13-8-9-19-16(11-13)21-17(18-7-4-10-24(18)19)12-27(25)20-22-14-5-2-3-6-15(14)23-20/h2-11H,12H2,1H3,(H,22,23). The van der Waals surface area contributed by atoms with Crippen molar-refractivity contribution in [3.05, 3.63) is 66.5 Å². The molecule has 0 amide bonds. The van der Waals surface area contributed by atoms with Crippen LogP contribution in [0.5, 0.6) is 5.75 Å². The zero-order chi connectivity index (χ0) is 18.4. The lowest BCUT2D eigenvalue weighted by molar-refractivity contribution is 0.415. The lowest BCUT2D eigenvalue weighted by atomic mass is 10.2. The van der Waals surface area contributed by atoms with Crippen LogP contribution in [0.15, 0.2) is 66.0 Å². The van der Waals surface area contributed by atoms with Crippen molar-refractivity contribution >= 4 is 38.4 Å². The summed E-state index contributed by atoms with van der Waals surface area (Å²) >= 11 is 0. The molecule has 1 atom stereocenters. The van der Waals surface area contributed by atoms with Crippen LogP contribution in [0.2, 0.25) is 0 Å². The fourth-order valence-electron chi connectivity index (χ4n) is 3.29. The first-order valence-corrected chi connectivity index (χ1v) is 9.81. The van der Waals surface area contributed by atoms with Gasteiger partial charge in [-0.05, 0) is 36.4 Å². The van der Waals surface area contributed by atoms with E-state index in [1.54, 1.807) is 7.11 Å². The second kappa shape index (κ2) is 6.21. The summed E-state index contributed by atoms with van der Waals surface area (Å²) in [5.41, 5.74) is 5.18. The number of hydrogen-bond acceptors (Lipinski definition) is 4. The van der Waals surface area contributed by atoms with E-state index in [2.05, 4.69) is 14.4 Å². The molecular weight excluding hydrogens is 360 g/mol. The summed E-state index contributed by atoms with van der Waals surface area (Å²) in [6.45, 7) is 0. The first-order valence-electron chi connectivity index (χ1n) is 8.50. The molecule has 5 rings (SSSR count). The fraction of sp³-hybridized carbons (Fsp3) is 0.100. The molecule has 27 heavy (non-hydrogen) atoms. The van der Waals surface area contributed by atoms with Gasteiger partial charge in [-0.3, -0.25) is 4.21 Å². The van der Waals surface area contributed by atoms with Gasteiger partial charge in [0.15, 0.2) is 5.16 Å². The van der Waals surface area contributed by atoms with Gasteiger partial charge in [-0.25, -0.2) is 9.97 Å². The molecule has 1 unspecified atom stereocenters. The highest BCUT2D eigenvalue weighted by Crippen LogP contribution is 2.24. The molecule has 0 radical (unpaired) electrons. The van der Waals surface area contributed by atoms with Gasteiger partial charge in [0.2, 0.25) is 0 Å². The molecule has 5 aromatic rings. The molecule has 134 valence electrons. The molecule has 0 fully saturated rings. The van der Waals surface area contributed by atoms with Crippen LogP contribution < -0.4 is 4.74 Å². The number of aromatic nitrogens is 4. The van der Waals surface area contributed by atoms with E-state index in [1.807, 2.05) is 60.8 Å². The van der Waals surface area contributed by atoms with Crippen LogP contribution in [0, 0.1) is 0 Å². The molecule has 2 aromatic carbocycles. The predicted molar refractivity (Wildman–Crippen MR) is 105 cm³/mol. The van der Waals surface area contributed by atoms with E-state index in [0.29, 0.717) is 5.16 Å². The fourth-order valence-corrected chi connectivity index (χ4v) is 4.31. The molecule has 7 heteroatoms. The lowest BCUT2D eigenvalue weighted by Crippen LogP contribution is -2.04. The highest BCUT2D eigenvalue weighted by molar-refractivity contribution is 7.84. The summed E-state index contributed by atoms with van der Waals surface area (Å²) in [5.74, 6) is 1.02. The van der Waals surface area contributed by atoms with E-state index in [1.165, 1.54) is 0 Å². The van der Waals surface area contributed by atoms with Gasteiger partial charge in [-0.2, -0.15) is 0 Å². The van der Waals surface area contributed by atoms with Crippen LogP contribution >= 0.6 is 0 Å². The number of rotatable bonds is 4. The summed E-state index contributed by atoms with van der Waals surface area (Å²) in [6.07, 6.45) is 1.99. The van der Waals surface area contributed by atoms with Crippen molar-refractivity contribution in [1.29, 1.82) is 0 Å². The van der Waals surface area contributed by atoms with Crippen molar-refractivity contribution in [3.63, 3.8) is 0 Å². The maximum atomic E-state index is 13.0. The van der Waals surface area contributed by atoms with Crippen molar-refractivity contribution in [2.75, 3.05) is 7.11 Å². The van der Waals surface area contributed by atoms with Gasteiger partial charge in [0.1, 0.15) is 5.75 Å². The zero-order valence-electron chi connectivity index (χ0n) is 14.5. The van der Waals surface area contributed by atoms with Crippen LogP contribution in [-0.2, 0) is 16.6 Å². The number of H-pyrrole nitrogens is 1. The molecule has 0 aliphatic heterocycles. The quantitative estimate of drug-likeness (QED) is 0.519. The number of methoxy groups -OCH3 is 1. The Morgan fingerprint density at radius 3 is 2.78 bits per heavy atom. The van der Waals surface area contributed by atoms with Crippen molar-refractivity contribution in [1.82, 2.24) is 19.4 Å². The molecule has 0 spiro atoms. The van der Waals surface area contributed by atoms with Gasteiger partial charge in [0.05, 0.1) is 56.9 Å². The zero-order valence-corrected chi connectivity index (χ0v) is 15.4. The Bertz CT molecular complexity index is 1290. The second-order valence-corrected chi connectivity index (χ2v) is 7.59. The SMILES string of the molecule is COc1ccc2c(c1)nc(CS(=O)c1nc3ccccc3[nH]1)c1cccn12. The third-order valence-electron chi connectivity index (χ3n) is 4.59. The van der Waals surface area contributed by atoms with Gasteiger partial charge in [0, 0.05) is 12.3 Å². The van der Waals surface area contributed by atoms with Crippen LogP contribution in [0.1, 0.15) is 5.69 Å². The molecule has 1 N–H and O–H groups in total. The average Bonchev–Trinajstić information content (AvgIpc) is 3.35. The summed E-state index contributed by atoms with van der Waals surface area (Å²) in [5, 5.41) is 0.466. The van der Waals surface area contributed by atoms with Crippen LogP contribution in [-0.4, -0.2) is 30.7 Å². The summed E-state index contributed by atoms with van der Waals surface area (Å²) in [6, 6.07) is 17.4. The normalized spacial score (nSPS) is 12.8. The van der Waals surface area contributed by atoms with E-state index in [4.69, 9.17) is 9.72 Å². The molecule has 0 aliphatic rings. The van der Waals surface area contributed by atoms with Crippen molar-refractivity contribution in [2.45, 2.75) is 10.9 Å². The van der Waals surface area contributed by atoms with Crippen LogP contribution in [0.4, 0.5) is 0 Å². The van der Waals surface area contributed by atoms with Gasteiger partial charge in [0.25, 0.3) is 0 Å². The highest BCUT2D eigenvalue weighted by Gasteiger charge is 2.15. The average molecular weight is 376 g/mol. The minimum absolute atomic E-state index is 0.278. The molecule has 0 bridgehead atoms. The first kappa shape index (κ1) is 16.0. The Morgan fingerprint density at radius 1 is 1.04 bits per heavy atom. The number of para-hydroxylation sites is 2. The van der Waals surface area contributed by atoms with E-state index in [-0.39, 0.29) is 5.75 Å². The smallest absolute Gasteiger partial charge is 0.197 e. The topological polar surface area (TPSA) is 72.3 Å². The predicted octanol–water partition coefficient (Wildman–Crippen LogP) is 3.68. The van der Waals surface area contributed by atoms with Gasteiger partial charge < -0.3 is 14.1 Å². The highest BCUT2D eigenvalue weighted by atomic mass is 32.2. The largest absolute Gasteiger partial charge is 0.497 e. The summed E-state index contributed by atoms with van der Waals surface area (Å²) in [7, 11) is 0.301. The number of benzene rings is 2. The molecular formula is C20H16N4O2S. The van der Waals surface area contributed by atoms with Crippen molar-refractivity contribution in [2.24, 2.45) is 0 Å². The Labute approximate surface area is 157 Å². The molecule has 3 aromatic heterocycles.